The molecule has 2 heterocycles. The Kier molecular flexibility index (Phi) is 4.25. The van der Waals surface area contributed by atoms with Crippen LogP contribution in [-0.4, -0.2) is 23.0 Å². The summed E-state index contributed by atoms with van der Waals surface area (Å²) in [5.74, 6) is 0.00412. The number of nitrogens with one attached hydrogen (secondary N) is 2. The molecule has 0 bridgehead atoms. The fraction of sp³-hybridized carbons (Fsp3) is 0.227. The molecule has 2 aromatic heterocycles. The van der Waals surface area contributed by atoms with E-state index in [1.165, 1.54) is 29.0 Å². The van der Waals surface area contributed by atoms with Crippen molar-refractivity contribution in [3.63, 3.8) is 0 Å². The lowest BCUT2D eigenvalue weighted by Crippen LogP contribution is -2.16. The van der Waals surface area contributed by atoms with Gasteiger partial charge < -0.3 is 14.7 Å². The number of esters is 1. The topological polar surface area (TPSA) is 57.9 Å². The number of hydrogen-bond donors (Lipinski definition) is 2. The van der Waals surface area contributed by atoms with Crippen molar-refractivity contribution in [2.75, 3.05) is 7.11 Å². The number of hydrogen-bond acceptors (Lipinski definition) is 2. The highest BCUT2D eigenvalue weighted by molar-refractivity contribution is 5.88. The van der Waals surface area contributed by atoms with Crippen molar-refractivity contribution >= 4 is 27.8 Å². The van der Waals surface area contributed by atoms with Gasteiger partial charge in [-0.05, 0) is 29.2 Å². The smallest absolute Gasteiger partial charge is 0.305 e. The normalized spacial score (nSPS) is 12.7. The van der Waals surface area contributed by atoms with Crippen LogP contribution < -0.4 is 0 Å². The summed E-state index contributed by atoms with van der Waals surface area (Å²) in [5.41, 5.74) is 4.64. The van der Waals surface area contributed by atoms with Gasteiger partial charge in [-0.1, -0.05) is 43.3 Å². The molecule has 0 amide bonds. The van der Waals surface area contributed by atoms with Crippen molar-refractivity contribution in [3.8, 4) is 0 Å². The second kappa shape index (κ2) is 6.71. The zero-order chi connectivity index (χ0) is 18.1. The molecule has 0 aliphatic rings. The summed E-state index contributed by atoms with van der Waals surface area (Å²) in [7, 11) is 1.45. The standard InChI is InChI=1S/C22H22N2O2/c1-14(11-21(25)26-2)22(17-12-23-19-9-5-3-7-15(17)19)18-13-24-20-10-6-4-8-16(18)20/h3-10,12-14,22-24H,11H2,1-2H3. The predicted octanol–water partition coefficient (Wildman–Crippen LogP) is 4.98. The van der Waals surface area contributed by atoms with Gasteiger partial charge in [0.25, 0.3) is 0 Å². The zero-order valence-corrected chi connectivity index (χ0v) is 15.0. The van der Waals surface area contributed by atoms with Crippen LogP contribution in [0.3, 0.4) is 0 Å². The molecule has 4 aromatic rings. The van der Waals surface area contributed by atoms with Crippen LogP contribution in [0.5, 0.6) is 0 Å². The van der Waals surface area contributed by atoms with Gasteiger partial charge in [0.05, 0.1) is 7.11 Å². The Hall–Kier alpha value is -3.01. The molecule has 0 aliphatic carbocycles. The quantitative estimate of drug-likeness (QED) is 0.501. The number of carbonyl (C=O) groups is 1. The molecule has 0 fully saturated rings. The van der Waals surface area contributed by atoms with Gasteiger partial charge >= 0.3 is 5.97 Å². The number of para-hydroxylation sites is 2. The zero-order valence-electron chi connectivity index (χ0n) is 15.0. The first-order valence-corrected chi connectivity index (χ1v) is 8.88. The highest BCUT2D eigenvalue weighted by atomic mass is 16.5. The third-order valence-corrected chi connectivity index (χ3v) is 5.20. The van der Waals surface area contributed by atoms with Crippen LogP contribution >= 0.6 is 0 Å². The molecule has 0 radical (unpaired) electrons. The van der Waals surface area contributed by atoms with Crippen molar-refractivity contribution in [2.45, 2.75) is 19.3 Å². The van der Waals surface area contributed by atoms with E-state index < -0.39 is 0 Å². The maximum atomic E-state index is 12.0. The largest absolute Gasteiger partial charge is 0.469 e. The first-order valence-electron chi connectivity index (χ1n) is 8.88. The summed E-state index contributed by atoms with van der Waals surface area (Å²) >= 11 is 0. The van der Waals surface area contributed by atoms with Gasteiger partial charge in [0.1, 0.15) is 0 Å². The fourth-order valence-electron chi connectivity index (χ4n) is 3.95. The van der Waals surface area contributed by atoms with Gasteiger partial charge in [0.15, 0.2) is 0 Å². The minimum absolute atomic E-state index is 0.0846. The van der Waals surface area contributed by atoms with Crippen molar-refractivity contribution in [3.05, 3.63) is 72.1 Å². The molecule has 0 spiro atoms. The Labute approximate surface area is 152 Å². The Balaban J connectivity index is 1.88. The molecule has 0 saturated heterocycles. The van der Waals surface area contributed by atoms with Gasteiger partial charge in [-0.3, -0.25) is 4.79 Å². The van der Waals surface area contributed by atoms with E-state index in [1.807, 2.05) is 12.1 Å². The van der Waals surface area contributed by atoms with E-state index >= 15 is 0 Å². The lowest BCUT2D eigenvalue weighted by atomic mass is 9.80. The number of ether oxygens (including phenoxy) is 1. The summed E-state index contributed by atoms with van der Waals surface area (Å²) in [6, 6.07) is 16.6. The predicted molar refractivity (Wildman–Crippen MR) is 104 cm³/mol. The summed E-state index contributed by atoms with van der Waals surface area (Å²) in [6.07, 6.45) is 4.52. The first-order chi connectivity index (χ1) is 12.7. The van der Waals surface area contributed by atoms with E-state index in [4.69, 9.17) is 4.74 Å². The van der Waals surface area contributed by atoms with Crippen LogP contribution in [0.2, 0.25) is 0 Å². The van der Waals surface area contributed by atoms with Crippen molar-refractivity contribution in [1.29, 1.82) is 0 Å². The third-order valence-electron chi connectivity index (χ3n) is 5.20. The molecular formula is C22H22N2O2. The van der Waals surface area contributed by atoms with Gasteiger partial charge in [-0.2, -0.15) is 0 Å². The summed E-state index contributed by atoms with van der Waals surface area (Å²) in [6.45, 7) is 2.12. The molecule has 26 heavy (non-hydrogen) atoms. The van der Waals surface area contributed by atoms with Crippen LogP contribution in [0.15, 0.2) is 60.9 Å². The number of methoxy groups -OCH3 is 1. The van der Waals surface area contributed by atoms with Crippen LogP contribution in [0, 0.1) is 5.92 Å². The fourth-order valence-corrected chi connectivity index (χ4v) is 3.95. The molecule has 4 heteroatoms. The summed E-state index contributed by atoms with van der Waals surface area (Å²) < 4.78 is 4.93. The minimum atomic E-state index is -0.179. The first kappa shape index (κ1) is 16.5. The Morgan fingerprint density at radius 1 is 0.923 bits per heavy atom. The van der Waals surface area contributed by atoms with Crippen LogP contribution in [0.1, 0.15) is 30.4 Å². The second-order valence-corrected chi connectivity index (χ2v) is 6.81. The number of H-pyrrole nitrogens is 2. The number of benzene rings is 2. The molecule has 0 aliphatic heterocycles. The van der Waals surface area contributed by atoms with Crippen molar-refractivity contribution in [1.82, 2.24) is 9.97 Å². The highest BCUT2D eigenvalue weighted by Gasteiger charge is 2.28. The molecule has 4 rings (SSSR count). The molecule has 132 valence electrons. The van der Waals surface area contributed by atoms with Gasteiger partial charge in [0, 0.05) is 46.5 Å². The number of rotatable bonds is 5. The highest BCUT2D eigenvalue weighted by Crippen LogP contribution is 2.40. The average Bonchev–Trinajstić information content (AvgIpc) is 3.27. The van der Waals surface area contributed by atoms with Gasteiger partial charge in [0.2, 0.25) is 0 Å². The SMILES string of the molecule is COC(=O)CC(C)C(c1c[nH]c2ccccc12)c1c[nH]c2ccccc12. The maximum absolute atomic E-state index is 12.0. The minimum Gasteiger partial charge on any atom is -0.469 e. The Bertz CT molecular complexity index is 986. The number of aromatic amines is 2. The molecule has 2 N–H and O–H groups in total. The maximum Gasteiger partial charge on any atom is 0.305 e. The lowest BCUT2D eigenvalue weighted by Gasteiger charge is -2.23. The van der Waals surface area contributed by atoms with E-state index in [2.05, 4.69) is 65.7 Å². The van der Waals surface area contributed by atoms with Gasteiger partial charge in [-0.25, -0.2) is 0 Å². The number of carbonyl (C=O) groups excluding carboxylic acids is 1. The van der Waals surface area contributed by atoms with Crippen molar-refractivity contribution < 1.29 is 9.53 Å². The molecule has 1 unspecified atom stereocenters. The monoisotopic (exact) mass is 346 g/mol. The molecule has 1 atom stereocenters. The number of fused-ring (bicyclic) bond motifs is 2. The summed E-state index contributed by atoms with van der Waals surface area (Å²) in [4.78, 5) is 18.7. The average molecular weight is 346 g/mol. The lowest BCUT2D eigenvalue weighted by molar-refractivity contribution is -0.141. The number of aromatic nitrogens is 2. The van der Waals surface area contributed by atoms with Crippen LogP contribution in [0.4, 0.5) is 0 Å². The van der Waals surface area contributed by atoms with E-state index in [1.54, 1.807) is 0 Å². The molecule has 0 saturated carbocycles. The molecule has 2 aromatic carbocycles. The second-order valence-electron chi connectivity index (χ2n) is 6.81. The summed E-state index contributed by atoms with van der Waals surface area (Å²) in [5, 5.41) is 2.39. The van der Waals surface area contributed by atoms with E-state index in [-0.39, 0.29) is 17.8 Å². The van der Waals surface area contributed by atoms with E-state index in [0.29, 0.717) is 6.42 Å². The third kappa shape index (κ3) is 2.77. The molecule has 4 nitrogen and oxygen atoms in total. The molecular weight excluding hydrogens is 324 g/mol. The van der Waals surface area contributed by atoms with Crippen molar-refractivity contribution in [2.24, 2.45) is 5.92 Å². The van der Waals surface area contributed by atoms with E-state index in [9.17, 15) is 4.79 Å². The van der Waals surface area contributed by atoms with Crippen LogP contribution in [0.25, 0.3) is 21.8 Å². The van der Waals surface area contributed by atoms with Gasteiger partial charge in [-0.15, -0.1) is 0 Å². The van der Waals surface area contributed by atoms with E-state index in [0.717, 1.165) is 11.0 Å². The van der Waals surface area contributed by atoms with Crippen LogP contribution in [-0.2, 0) is 9.53 Å². The Morgan fingerprint density at radius 3 is 1.92 bits per heavy atom. The Morgan fingerprint density at radius 2 is 1.42 bits per heavy atom.